The molecule has 1 atom stereocenters. The summed E-state index contributed by atoms with van der Waals surface area (Å²) in [7, 11) is -3.91. The molecule has 0 saturated heterocycles. The Bertz CT molecular complexity index is 898. The fourth-order valence-electron chi connectivity index (χ4n) is 1.73. The molecule has 1 unspecified atom stereocenters. The topological polar surface area (TPSA) is 127 Å². The summed E-state index contributed by atoms with van der Waals surface area (Å²) in [6.45, 7) is 3.20. The van der Waals surface area contributed by atoms with Crippen LogP contribution in [-0.4, -0.2) is 43.1 Å². The normalized spacial score (nSPS) is 12.4. The summed E-state index contributed by atoms with van der Waals surface area (Å²) in [4.78, 5) is 23.6. The van der Waals surface area contributed by atoms with Gasteiger partial charge in [-0.15, -0.1) is 10.2 Å². The second kappa shape index (κ2) is 8.54. The standard InChI is InChI=1S/C14H15ClN4O5S2/c1-3-24-13(21)12-17-18-14(25-12)16-11(20)8(2)19-26(22,23)10-6-4-9(15)5-7-10/h4-8,19H,3H2,1-2H3,(H,16,18,20). The number of hydrogen-bond acceptors (Lipinski definition) is 8. The van der Waals surface area contributed by atoms with Crippen molar-refractivity contribution in [2.24, 2.45) is 0 Å². The first kappa shape index (κ1) is 20.2. The summed E-state index contributed by atoms with van der Waals surface area (Å²) in [5.41, 5.74) is 0. The van der Waals surface area contributed by atoms with E-state index in [0.717, 1.165) is 11.3 Å². The Labute approximate surface area is 158 Å². The summed E-state index contributed by atoms with van der Waals surface area (Å²) in [5, 5.41) is 10.1. The molecule has 0 aliphatic heterocycles. The highest BCUT2D eigenvalue weighted by Crippen LogP contribution is 2.17. The van der Waals surface area contributed by atoms with Crippen molar-refractivity contribution in [3.63, 3.8) is 0 Å². The number of hydrogen-bond donors (Lipinski definition) is 2. The molecular formula is C14H15ClN4O5S2. The molecule has 1 aromatic carbocycles. The van der Waals surface area contributed by atoms with Gasteiger partial charge in [0.05, 0.1) is 17.5 Å². The Kier molecular flexibility index (Phi) is 6.64. The molecule has 0 fully saturated rings. The van der Waals surface area contributed by atoms with Crippen molar-refractivity contribution >= 4 is 50.0 Å². The van der Waals surface area contributed by atoms with Gasteiger partial charge in [0.2, 0.25) is 26.1 Å². The quantitative estimate of drug-likeness (QED) is 0.654. The molecule has 2 rings (SSSR count). The molecule has 12 heteroatoms. The predicted octanol–water partition coefficient (Wildman–Crippen LogP) is 1.67. The van der Waals surface area contributed by atoms with E-state index in [0.29, 0.717) is 5.02 Å². The van der Waals surface area contributed by atoms with Crippen LogP contribution < -0.4 is 10.0 Å². The molecule has 140 valence electrons. The lowest BCUT2D eigenvalue weighted by Crippen LogP contribution is -2.41. The smallest absolute Gasteiger partial charge is 0.369 e. The van der Waals surface area contributed by atoms with Crippen LogP contribution in [-0.2, 0) is 19.6 Å². The van der Waals surface area contributed by atoms with Crippen molar-refractivity contribution in [2.45, 2.75) is 24.8 Å². The van der Waals surface area contributed by atoms with Gasteiger partial charge in [0.25, 0.3) is 0 Å². The zero-order chi connectivity index (χ0) is 19.3. The van der Waals surface area contributed by atoms with Crippen LogP contribution in [0, 0.1) is 0 Å². The first-order valence-corrected chi connectivity index (χ1v) is 10.00. The minimum atomic E-state index is -3.91. The number of sulfonamides is 1. The average Bonchev–Trinajstić information content (AvgIpc) is 3.03. The van der Waals surface area contributed by atoms with E-state index in [9.17, 15) is 18.0 Å². The molecule has 0 aliphatic rings. The SMILES string of the molecule is CCOC(=O)c1nnc(NC(=O)C(C)NS(=O)(=O)c2ccc(Cl)cc2)s1. The molecule has 0 saturated carbocycles. The number of ether oxygens (including phenoxy) is 1. The molecule has 0 spiro atoms. The number of esters is 1. The van der Waals surface area contributed by atoms with Gasteiger partial charge in [-0.1, -0.05) is 22.9 Å². The highest BCUT2D eigenvalue weighted by Gasteiger charge is 2.23. The summed E-state index contributed by atoms with van der Waals surface area (Å²) < 4.78 is 31.5. The highest BCUT2D eigenvalue weighted by molar-refractivity contribution is 7.89. The molecule has 0 radical (unpaired) electrons. The van der Waals surface area contributed by atoms with Crippen molar-refractivity contribution in [3.05, 3.63) is 34.3 Å². The van der Waals surface area contributed by atoms with Gasteiger partial charge in [0.1, 0.15) is 0 Å². The molecule has 1 aromatic heterocycles. The minimum absolute atomic E-state index is 0.0171. The molecular weight excluding hydrogens is 404 g/mol. The van der Waals surface area contributed by atoms with E-state index in [1.807, 2.05) is 0 Å². The maximum atomic E-state index is 12.3. The van der Waals surface area contributed by atoms with E-state index in [-0.39, 0.29) is 21.6 Å². The third-order valence-corrected chi connectivity index (χ3v) is 5.58. The lowest BCUT2D eigenvalue weighted by Gasteiger charge is -2.13. The molecule has 1 heterocycles. The molecule has 0 bridgehead atoms. The number of nitrogens with zero attached hydrogens (tertiary/aromatic N) is 2. The zero-order valence-electron chi connectivity index (χ0n) is 13.7. The number of carbonyl (C=O) groups excluding carboxylic acids is 2. The number of halogens is 1. The van der Waals surface area contributed by atoms with Crippen LogP contribution in [0.3, 0.4) is 0 Å². The third kappa shape index (κ3) is 5.21. The Morgan fingerprint density at radius 1 is 1.27 bits per heavy atom. The first-order chi connectivity index (χ1) is 12.2. The fraction of sp³-hybridized carbons (Fsp3) is 0.286. The van der Waals surface area contributed by atoms with E-state index in [4.69, 9.17) is 16.3 Å². The maximum absolute atomic E-state index is 12.3. The predicted molar refractivity (Wildman–Crippen MR) is 95.7 cm³/mol. The van der Waals surface area contributed by atoms with Gasteiger partial charge < -0.3 is 4.74 Å². The van der Waals surface area contributed by atoms with Gasteiger partial charge in [-0.25, -0.2) is 13.2 Å². The number of nitrogens with one attached hydrogen (secondary N) is 2. The minimum Gasteiger partial charge on any atom is -0.461 e. The molecule has 1 amide bonds. The van der Waals surface area contributed by atoms with Crippen molar-refractivity contribution < 1.29 is 22.7 Å². The second-order valence-corrected chi connectivity index (χ2v) is 8.05. The van der Waals surface area contributed by atoms with Crippen LogP contribution in [0.1, 0.15) is 23.6 Å². The van der Waals surface area contributed by atoms with Crippen LogP contribution in [0.4, 0.5) is 5.13 Å². The van der Waals surface area contributed by atoms with E-state index < -0.39 is 27.9 Å². The molecule has 9 nitrogen and oxygen atoms in total. The molecule has 0 aliphatic carbocycles. The Hall–Kier alpha value is -2.08. The van der Waals surface area contributed by atoms with Gasteiger partial charge in [-0.05, 0) is 38.1 Å². The van der Waals surface area contributed by atoms with Gasteiger partial charge in [0.15, 0.2) is 0 Å². The monoisotopic (exact) mass is 418 g/mol. The number of amides is 1. The van der Waals surface area contributed by atoms with Gasteiger partial charge in [0, 0.05) is 5.02 Å². The Morgan fingerprint density at radius 2 is 1.92 bits per heavy atom. The number of carbonyl (C=O) groups is 2. The third-order valence-electron chi connectivity index (χ3n) is 2.95. The molecule has 2 aromatic rings. The first-order valence-electron chi connectivity index (χ1n) is 7.32. The Balaban J connectivity index is 2.01. The lowest BCUT2D eigenvalue weighted by atomic mass is 10.3. The second-order valence-electron chi connectivity index (χ2n) is 4.92. The van der Waals surface area contributed by atoms with Crippen molar-refractivity contribution in [3.8, 4) is 0 Å². The number of benzene rings is 1. The summed E-state index contributed by atoms with van der Waals surface area (Å²) in [5.74, 6) is -1.31. The van der Waals surface area contributed by atoms with Crippen LogP contribution in [0.5, 0.6) is 0 Å². The van der Waals surface area contributed by atoms with Gasteiger partial charge >= 0.3 is 5.97 Å². The van der Waals surface area contributed by atoms with Crippen LogP contribution in [0.2, 0.25) is 5.02 Å². The van der Waals surface area contributed by atoms with Crippen molar-refractivity contribution in [1.82, 2.24) is 14.9 Å². The van der Waals surface area contributed by atoms with Gasteiger partial charge in [-0.3, -0.25) is 10.1 Å². The van der Waals surface area contributed by atoms with Crippen molar-refractivity contribution in [1.29, 1.82) is 0 Å². The number of aromatic nitrogens is 2. The lowest BCUT2D eigenvalue weighted by molar-refractivity contribution is -0.117. The summed E-state index contributed by atoms with van der Waals surface area (Å²) in [6, 6.07) is 4.42. The maximum Gasteiger partial charge on any atom is 0.369 e. The van der Waals surface area contributed by atoms with Crippen LogP contribution in [0.25, 0.3) is 0 Å². The zero-order valence-corrected chi connectivity index (χ0v) is 16.1. The van der Waals surface area contributed by atoms with E-state index >= 15 is 0 Å². The fourth-order valence-corrected chi connectivity index (χ4v) is 3.70. The molecule has 2 N–H and O–H groups in total. The Morgan fingerprint density at radius 3 is 2.54 bits per heavy atom. The number of anilines is 1. The van der Waals surface area contributed by atoms with E-state index in [2.05, 4.69) is 20.2 Å². The summed E-state index contributed by atoms with van der Waals surface area (Å²) >= 11 is 6.55. The van der Waals surface area contributed by atoms with E-state index in [1.54, 1.807) is 6.92 Å². The van der Waals surface area contributed by atoms with Crippen LogP contribution in [0.15, 0.2) is 29.2 Å². The average molecular weight is 419 g/mol. The van der Waals surface area contributed by atoms with E-state index in [1.165, 1.54) is 31.2 Å². The molecule has 26 heavy (non-hydrogen) atoms. The van der Waals surface area contributed by atoms with Gasteiger partial charge in [-0.2, -0.15) is 4.72 Å². The summed E-state index contributed by atoms with van der Waals surface area (Å²) in [6.07, 6.45) is 0. The largest absolute Gasteiger partial charge is 0.461 e. The number of rotatable bonds is 7. The van der Waals surface area contributed by atoms with Crippen molar-refractivity contribution in [2.75, 3.05) is 11.9 Å². The van der Waals surface area contributed by atoms with Crippen LogP contribution >= 0.6 is 22.9 Å². The highest BCUT2D eigenvalue weighted by atomic mass is 35.5.